The number of amides is 2. The molecule has 7 heteroatoms. The van der Waals surface area contributed by atoms with Crippen molar-refractivity contribution in [3.63, 3.8) is 0 Å². The van der Waals surface area contributed by atoms with Crippen LogP contribution in [0.15, 0.2) is 78.9 Å². The maximum absolute atomic E-state index is 12.7. The summed E-state index contributed by atoms with van der Waals surface area (Å²) < 4.78 is 0. The van der Waals surface area contributed by atoms with E-state index in [1.807, 2.05) is 37.3 Å². The van der Waals surface area contributed by atoms with Crippen molar-refractivity contribution in [2.45, 2.75) is 19.8 Å². The second kappa shape index (κ2) is 10.2. The molecule has 0 aliphatic heterocycles. The van der Waals surface area contributed by atoms with Crippen LogP contribution in [0.25, 0.3) is 0 Å². The minimum Gasteiger partial charge on any atom is -0.326 e. The standard InChI is InChI=1S/C24H23N3O4/c1-2-26(21-9-4-3-5-10-21)24(29)16-18-12-14-20(15-13-18)25-23(28)17-19-8-6-7-11-22(19)27(30)31/h3-15H,2,16-17H2,1H3,(H,25,28). The number of benzene rings is 3. The van der Waals surface area contributed by atoms with Gasteiger partial charge in [-0.15, -0.1) is 0 Å². The summed E-state index contributed by atoms with van der Waals surface area (Å²) in [6, 6.07) is 22.7. The lowest BCUT2D eigenvalue weighted by molar-refractivity contribution is -0.385. The van der Waals surface area contributed by atoms with Crippen molar-refractivity contribution in [2.24, 2.45) is 0 Å². The largest absolute Gasteiger partial charge is 0.326 e. The topological polar surface area (TPSA) is 92.6 Å². The molecule has 1 N–H and O–H groups in total. The van der Waals surface area contributed by atoms with Gasteiger partial charge in [0, 0.05) is 29.5 Å². The highest BCUT2D eigenvalue weighted by atomic mass is 16.6. The smallest absolute Gasteiger partial charge is 0.273 e. The first kappa shape index (κ1) is 21.7. The van der Waals surface area contributed by atoms with Crippen LogP contribution in [-0.2, 0) is 22.4 Å². The number of carbonyl (C=O) groups is 2. The monoisotopic (exact) mass is 417 g/mol. The lowest BCUT2D eigenvalue weighted by Gasteiger charge is -2.21. The van der Waals surface area contributed by atoms with Gasteiger partial charge in [0.2, 0.25) is 11.8 Å². The molecule has 0 bridgehead atoms. The lowest BCUT2D eigenvalue weighted by atomic mass is 10.1. The SMILES string of the molecule is CCN(C(=O)Cc1ccc(NC(=O)Cc2ccccc2[N+](=O)[O-])cc1)c1ccccc1. The van der Waals surface area contributed by atoms with Crippen molar-refractivity contribution >= 4 is 28.9 Å². The maximum atomic E-state index is 12.7. The van der Waals surface area contributed by atoms with Gasteiger partial charge in [0.1, 0.15) is 0 Å². The summed E-state index contributed by atoms with van der Waals surface area (Å²) in [5.74, 6) is -0.360. The fourth-order valence-electron chi connectivity index (χ4n) is 3.30. The molecule has 0 fully saturated rings. The van der Waals surface area contributed by atoms with Gasteiger partial charge >= 0.3 is 0 Å². The van der Waals surface area contributed by atoms with Crippen LogP contribution in [0.1, 0.15) is 18.1 Å². The third-order valence-corrected chi connectivity index (χ3v) is 4.82. The van der Waals surface area contributed by atoms with E-state index in [0.29, 0.717) is 17.8 Å². The average molecular weight is 417 g/mol. The number of nitrogens with one attached hydrogen (secondary N) is 1. The van der Waals surface area contributed by atoms with E-state index in [-0.39, 0.29) is 30.3 Å². The molecule has 31 heavy (non-hydrogen) atoms. The number of hydrogen-bond donors (Lipinski definition) is 1. The Bertz CT molecular complexity index is 1070. The van der Waals surface area contributed by atoms with Gasteiger partial charge in [-0.25, -0.2) is 0 Å². The molecule has 0 heterocycles. The van der Waals surface area contributed by atoms with Crippen molar-refractivity contribution in [3.05, 3.63) is 100 Å². The molecule has 0 aliphatic carbocycles. The second-order valence-corrected chi connectivity index (χ2v) is 6.96. The number of rotatable bonds is 8. The maximum Gasteiger partial charge on any atom is 0.273 e. The average Bonchev–Trinajstić information content (AvgIpc) is 2.76. The van der Waals surface area contributed by atoms with E-state index in [9.17, 15) is 19.7 Å². The summed E-state index contributed by atoms with van der Waals surface area (Å²) in [6.07, 6.45) is 0.146. The Morgan fingerprint density at radius 1 is 0.903 bits per heavy atom. The first-order valence-corrected chi connectivity index (χ1v) is 9.94. The molecular weight excluding hydrogens is 394 g/mol. The van der Waals surface area contributed by atoms with Crippen molar-refractivity contribution in [1.82, 2.24) is 0 Å². The third-order valence-electron chi connectivity index (χ3n) is 4.82. The molecule has 3 aromatic carbocycles. The predicted molar refractivity (Wildman–Crippen MR) is 120 cm³/mol. The number of nitro groups is 1. The van der Waals surface area contributed by atoms with Gasteiger partial charge < -0.3 is 10.2 Å². The van der Waals surface area contributed by atoms with E-state index in [0.717, 1.165) is 11.3 Å². The Balaban J connectivity index is 1.61. The van der Waals surface area contributed by atoms with Crippen LogP contribution in [0.4, 0.5) is 17.1 Å². The molecule has 0 aromatic heterocycles. The van der Waals surface area contributed by atoms with E-state index in [4.69, 9.17) is 0 Å². The molecule has 0 aliphatic rings. The summed E-state index contributed by atoms with van der Waals surface area (Å²) in [6.45, 7) is 2.50. The first-order valence-electron chi connectivity index (χ1n) is 9.94. The normalized spacial score (nSPS) is 10.4. The quantitative estimate of drug-likeness (QED) is 0.435. The summed E-state index contributed by atoms with van der Waals surface area (Å²) in [7, 11) is 0. The number of para-hydroxylation sites is 2. The molecular formula is C24H23N3O4. The zero-order valence-electron chi connectivity index (χ0n) is 17.2. The Hall–Kier alpha value is -4.00. The van der Waals surface area contributed by atoms with Crippen LogP contribution in [0.5, 0.6) is 0 Å². The van der Waals surface area contributed by atoms with Crippen LogP contribution < -0.4 is 10.2 Å². The van der Waals surface area contributed by atoms with Crippen molar-refractivity contribution in [1.29, 1.82) is 0 Å². The lowest BCUT2D eigenvalue weighted by Crippen LogP contribution is -2.31. The number of nitro benzene ring substituents is 1. The van der Waals surface area contributed by atoms with Crippen molar-refractivity contribution < 1.29 is 14.5 Å². The summed E-state index contributed by atoms with van der Waals surface area (Å²) in [5.41, 5.74) is 2.53. The van der Waals surface area contributed by atoms with Crippen LogP contribution in [-0.4, -0.2) is 23.3 Å². The van der Waals surface area contributed by atoms with Gasteiger partial charge in [0.25, 0.3) is 5.69 Å². The van der Waals surface area contributed by atoms with Crippen LogP contribution in [0.2, 0.25) is 0 Å². The van der Waals surface area contributed by atoms with Crippen LogP contribution >= 0.6 is 0 Å². The third kappa shape index (κ3) is 5.76. The van der Waals surface area contributed by atoms with Crippen molar-refractivity contribution in [2.75, 3.05) is 16.8 Å². The predicted octanol–water partition coefficient (Wildman–Crippen LogP) is 4.37. The fraction of sp³-hybridized carbons (Fsp3) is 0.167. The Labute approximate surface area is 180 Å². The Morgan fingerprint density at radius 3 is 2.19 bits per heavy atom. The molecule has 0 saturated heterocycles. The molecule has 3 aromatic rings. The van der Waals surface area contributed by atoms with Gasteiger partial charge in [0.05, 0.1) is 17.8 Å². The number of nitrogens with zero attached hydrogens (tertiary/aromatic N) is 2. The van der Waals surface area contributed by atoms with Crippen LogP contribution in [0, 0.1) is 10.1 Å². The number of likely N-dealkylation sites (N-methyl/N-ethyl adjacent to an activating group) is 1. The molecule has 7 nitrogen and oxygen atoms in total. The Kier molecular flexibility index (Phi) is 7.11. The zero-order valence-corrected chi connectivity index (χ0v) is 17.2. The molecule has 0 saturated carbocycles. The minimum atomic E-state index is -0.497. The second-order valence-electron chi connectivity index (χ2n) is 6.96. The van der Waals surface area contributed by atoms with E-state index in [1.54, 1.807) is 47.4 Å². The molecule has 0 atom stereocenters. The van der Waals surface area contributed by atoms with E-state index in [2.05, 4.69) is 5.32 Å². The van der Waals surface area contributed by atoms with Gasteiger partial charge in [-0.05, 0) is 36.8 Å². The highest BCUT2D eigenvalue weighted by Gasteiger charge is 2.16. The molecule has 2 amide bonds. The summed E-state index contributed by atoms with van der Waals surface area (Å²) in [5, 5.41) is 13.8. The van der Waals surface area contributed by atoms with Gasteiger partial charge in [-0.1, -0.05) is 48.5 Å². The highest BCUT2D eigenvalue weighted by Crippen LogP contribution is 2.19. The summed E-state index contributed by atoms with van der Waals surface area (Å²) >= 11 is 0. The van der Waals surface area contributed by atoms with E-state index in [1.165, 1.54) is 6.07 Å². The number of anilines is 2. The number of hydrogen-bond acceptors (Lipinski definition) is 4. The molecule has 0 unspecified atom stereocenters. The molecule has 158 valence electrons. The molecule has 0 radical (unpaired) electrons. The zero-order chi connectivity index (χ0) is 22.2. The minimum absolute atomic E-state index is 0.0122. The van der Waals surface area contributed by atoms with Gasteiger partial charge in [-0.2, -0.15) is 0 Å². The van der Waals surface area contributed by atoms with E-state index >= 15 is 0 Å². The van der Waals surface area contributed by atoms with Gasteiger partial charge in [-0.3, -0.25) is 19.7 Å². The Morgan fingerprint density at radius 2 is 1.55 bits per heavy atom. The first-order chi connectivity index (χ1) is 15.0. The van der Waals surface area contributed by atoms with Crippen LogP contribution in [0.3, 0.4) is 0 Å². The van der Waals surface area contributed by atoms with Gasteiger partial charge in [0.15, 0.2) is 0 Å². The summed E-state index contributed by atoms with van der Waals surface area (Å²) in [4.78, 5) is 37.3. The molecule has 3 rings (SSSR count). The number of carbonyl (C=O) groups excluding carboxylic acids is 2. The van der Waals surface area contributed by atoms with E-state index < -0.39 is 4.92 Å². The van der Waals surface area contributed by atoms with Crippen molar-refractivity contribution in [3.8, 4) is 0 Å². The fourth-order valence-corrected chi connectivity index (χ4v) is 3.30. The highest BCUT2D eigenvalue weighted by molar-refractivity contribution is 5.95. The molecule has 0 spiro atoms.